The van der Waals surface area contributed by atoms with Gasteiger partial charge < -0.3 is 10.0 Å². The van der Waals surface area contributed by atoms with Crippen LogP contribution in [0.4, 0.5) is 0 Å². The van der Waals surface area contributed by atoms with E-state index in [1.807, 2.05) is 13.8 Å². The predicted molar refractivity (Wildman–Crippen MR) is 59.6 cm³/mol. The number of benzene rings is 1. The van der Waals surface area contributed by atoms with Crippen LogP contribution in [0.1, 0.15) is 29.8 Å². The van der Waals surface area contributed by atoms with Crippen LogP contribution in [0.25, 0.3) is 0 Å². The Hall–Kier alpha value is -1.35. The van der Waals surface area contributed by atoms with Gasteiger partial charge in [-0.25, -0.2) is 0 Å². The van der Waals surface area contributed by atoms with E-state index in [4.69, 9.17) is 5.11 Å². The van der Waals surface area contributed by atoms with Crippen LogP contribution >= 0.6 is 0 Å². The number of nitrogens with zero attached hydrogens (tertiary/aromatic N) is 1. The summed E-state index contributed by atoms with van der Waals surface area (Å²) in [4.78, 5) is 13.7. The van der Waals surface area contributed by atoms with Gasteiger partial charge in [0, 0.05) is 18.7 Å². The number of aliphatic hydroxyl groups is 1. The van der Waals surface area contributed by atoms with E-state index in [0.29, 0.717) is 18.7 Å². The summed E-state index contributed by atoms with van der Waals surface area (Å²) in [6.07, 6.45) is 0. The third-order valence-electron chi connectivity index (χ3n) is 2.41. The standard InChI is InChI=1S/C12H17NO2/c1-3-13(4-2)12(15)11-7-5-6-10(8-11)9-14/h5-8,14H,3-4,9H2,1-2H3. The Morgan fingerprint density at radius 3 is 2.53 bits per heavy atom. The van der Waals surface area contributed by atoms with Crippen LogP contribution < -0.4 is 0 Å². The molecule has 0 aromatic heterocycles. The normalized spacial score (nSPS) is 10.1. The Morgan fingerprint density at radius 1 is 1.33 bits per heavy atom. The van der Waals surface area contributed by atoms with Crippen LogP contribution in [0.5, 0.6) is 0 Å². The Morgan fingerprint density at radius 2 is 2.00 bits per heavy atom. The van der Waals surface area contributed by atoms with Gasteiger partial charge in [-0.2, -0.15) is 0 Å². The first-order chi connectivity index (χ1) is 7.22. The fourth-order valence-electron chi connectivity index (χ4n) is 1.50. The number of hydrogen-bond donors (Lipinski definition) is 1. The molecule has 15 heavy (non-hydrogen) atoms. The number of hydrogen-bond acceptors (Lipinski definition) is 2. The fourth-order valence-corrected chi connectivity index (χ4v) is 1.50. The van der Waals surface area contributed by atoms with E-state index in [1.54, 1.807) is 29.2 Å². The van der Waals surface area contributed by atoms with Gasteiger partial charge in [0.1, 0.15) is 0 Å². The van der Waals surface area contributed by atoms with Crippen molar-refractivity contribution >= 4 is 5.91 Å². The fraction of sp³-hybridized carbons (Fsp3) is 0.417. The molecule has 0 heterocycles. The maximum absolute atomic E-state index is 11.9. The first kappa shape index (κ1) is 11.7. The summed E-state index contributed by atoms with van der Waals surface area (Å²) in [5, 5.41) is 8.97. The average Bonchev–Trinajstić information content (AvgIpc) is 2.30. The van der Waals surface area contributed by atoms with E-state index in [2.05, 4.69) is 0 Å². The summed E-state index contributed by atoms with van der Waals surface area (Å²) < 4.78 is 0. The molecule has 82 valence electrons. The first-order valence-corrected chi connectivity index (χ1v) is 5.22. The van der Waals surface area contributed by atoms with E-state index >= 15 is 0 Å². The average molecular weight is 207 g/mol. The molecule has 0 aliphatic rings. The molecule has 0 saturated carbocycles. The van der Waals surface area contributed by atoms with Crippen molar-refractivity contribution in [2.24, 2.45) is 0 Å². The largest absolute Gasteiger partial charge is 0.392 e. The second-order valence-corrected chi connectivity index (χ2v) is 3.34. The summed E-state index contributed by atoms with van der Waals surface area (Å²) in [5.74, 6) is 0.0234. The van der Waals surface area contributed by atoms with Gasteiger partial charge in [-0.15, -0.1) is 0 Å². The van der Waals surface area contributed by atoms with Crippen molar-refractivity contribution in [3.8, 4) is 0 Å². The zero-order chi connectivity index (χ0) is 11.3. The molecule has 1 N–H and O–H groups in total. The lowest BCUT2D eigenvalue weighted by molar-refractivity contribution is 0.0773. The highest BCUT2D eigenvalue weighted by Gasteiger charge is 2.11. The molecule has 0 spiro atoms. The maximum atomic E-state index is 11.9. The number of carbonyl (C=O) groups is 1. The van der Waals surface area contributed by atoms with Crippen LogP contribution in [0.2, 0.25) is 0 Å². The van der Waals surface area contributed by atoms with Gasteiger partial charge in [0.25, 0.3) is 5.91 Å². The molecular weight excluding hydrogens is 190 g/mol. The number of amides is 1. The van der Waals surface area contributed by atoms with Crippen molar-refractivity contribution in [3.63, 3.8) is 0 Å². The number of carbonyl (C=O) groups excluding carboxylic acids is 1. The molecule has 1 aromatic rings. The third kappa shape index (κ3) is 2.80. The Kier molecular flexibility index (Phi) is 4.31. The minimum absolute atomic E-state index is 0.0234. The van der Waals surface area contributed by atoms with Gasteiger partial charge in [-0.1, -0.05) is 12.1 Å². The lowest BCUT2D eigenvalue weighted by atomic mass is 10.1. The summed E-state index contributed by atoms with van der Waals surface area (Å²) in [6, 6.07) is 7.11. The van der Waals surface area contributed by atoms with E-state index in [0.717, 1.165) is 5.56 Å². The molecule has 1 aromatic carbocycles. The molecule has 0 bridgehead atoms. The van der Waals surface area contributed by atoms with Gasteiger partial charge in [0.05, 0.1) is 6.61 Å². The van der Waals surface area contributed by atoms with Gasteiger partial charge in [-0.3, -0.25) is 4.79 Å². The zero-order valence-electron chi connectivity index (χ0n) is 9.23. The Bertz CT molecular complexity index is 332. The number of rotatable bonds is 4. The van der Waals surface area contributed by atoms with Crippen LogP contribution in [0.3, 0.4) is 0 Å². The molecule has 0 radical (unpaired) electrons. The smallest absolute Gasteiger partial charge is 0.253 e. The minimum atomic E-state index is -0.0284. The molecule has 0 fully saturated rings. The van der Waals surface area contributed by atoms with Crippen LogP contribution in [-0.4, -0.2) is 29.0 Å². The highest BCUT2D eigenvalue weighted by molar-refractivity contribution is 5.94. The molecule has 3 nitrogen and oxygen atoms in total. The first-order valence-electron chi connectivity index (χ1n) is 5.22. The minimum Gasteiger partial charge on any atom is -0.392 e. The maximum Gasteiger partial charge on any atom is 0.253 e. The monoisotopic (exact) mass is 207 g/mol. The lowest BCUT2D eigenvalue weighted by Crippen LogP contribution is -2.30. The van der Waals surface area contributed by atoms with E-state index in [9.17, 15) is 4.79 Å². The van der Waals surface area contributed by atoms with E-state index < -0.39 is 0 Å². The van der Waals surface area contributed by atoms with E-state index in [1.165, 1.54) is 0 Å². The van der Waals surface area contributed by atoms with Crippen molar-refractivity contribution in [1.82, 2.24) is 4.90 Å². The van der Waals surface area contributed by atoms with Crippen molar-refractivity contribution in [3.05, 3.63) is 35.4 Å². The summed E-state index contributed by atoms with van der Waals surface area (Å²) >= 11 is 0. The summed E-state index contributed by atoms with van der Waals surface area (Å²) in [6.45, 7) is 5.30. The van der Waals surface area contributed by atoms with Gasteiger partial charge in [0.15, 0.2) is 0 Å². The topological polar surface area (TPSA) is 40.5 Å². The van der Waals surface area contributed by atoms with Gasteiger partial charge >= 0.3 is 0 Å². The summed E-state index contributed by atoms with van der Waals surface area (Å²) in [5.41, 5.74) is 1.42. The van der Waals surface area contributed by atoms with Crippen molar-refractivity contribution in [1.29, 1.82) is 0 Å². The highest BCUT2D eigenvalue weighted by Crippen LogP contribution is 2.08. The van der Waals surface area contributed by atoms with Crippen molar-refractivity contribution in [2.75, 3.05) is 13.1 Å². The second kappa shape index (κ2) is 5.51. The van der Waals surface area contributed by atoms with Crippen molar-refractivity contribution < 1.29 is 9.90 Å². The van der Waals surface area contributed by atoms with Crippen LogP contribution in [0.15, 0.2) is 24.3 Å². The Labute approximate surface area is 90.3 Å². The zero-order valence-corrected chi connectivity index (χ0v) is 9.23. The number of aliphatic hydroxyl groups excluding tert-OH is 1. The van der Waals surface area contributed by atoms with Crippen LogP contribution in [0, 0.1) is 0 Å². The SMILES string of the molecule is CCN(CC)C(=O)c1cccc(CO)c1. The molecule has 0 atom stereocenters. The second-order valence-electron chi connectivity index (χ2n) is 3.34. The third-order valence-corrected chi connectivity index (χ3v) is 2.41. The van der Waals surface area contributed by atoms with Gasteiger partial charge in [0.2, 0.25) is 0 Å². The lowest BCUT2D eigenvalue weighted by Gasteiger charge is -2.18. The molecule has 3 heteroatoms. The van der Waals surface area contributed by atoms with Gasteiger partial charge in [-0.05, 0) is 31.5 Å². The molecule has 0 aliphatic carbocycles. The summed E-state index contributed by atoms with van der Waals surface area (Å²) in [7, 11) is 0. The Balaban J connectivity index is 2.90. The highest BCUT2D eigenvalue weighted by atomic mass is 16.3. The molecule has 0 aliphatic heterocycles. The van der Waals surface area contributed by atoms with Crippen LogP contribution in [-0.2, 0) is 6.61 Å². The molecule has 1 rings (SSSR count). The molecule has 0 unspecified atom stereocenters. The molecule has 0 saturated heterocycles. The quantitative estimate of drug-likeness (QED) is 0.815. The van der Waals surface area contributed by atoms with E-state index in [-0.39, 0.29) is 12.5 Å². The predicted octanol–water partition coefficient (Wildman–Crippen LogP) is 1.66. The molecule has 1 amide bonds. The van der Waals surface area contributed by atoms with Crippen molar-refractivity contribution in [2.45, 2.75) is 20.5 Å². The molecular formula is C12H17NO2.